The summed E-state index contributed by atoms with van der Waals surface area (Å²) in [6, 6.07) is 0.392. The fraction of sp³-hybridized carbons (Fsp3) is 1.00. The zero-order valence-electron chi connectivity index (χ0n) is 8.04. The SMILES string of the molecule is CN1CCC(N)C(C)(C)C1.Cl.Cl. The molecule has 1 unspecified atom stereocenters. The summed E-state index contributed by atoms with van der Waals surface area (Å²) >= 11 is 0. The molecule has 0 bridgehead atoms. The van der Waals surface area contributed by atoms with Crippen LogP contribution in [0.4, 0.5) is 0 Å². The van der Waals surface area contributed by atoms with E-state index in [2.05, 4.69) is 25.8 Å². The van der Waals surface area contributed by atoms with Crippen molar-refractivity contribution < 1.29 is 0 Å². The number of halogens is 2. The molecule has 1 saturated heterocycles. The molecule has 0 aliphatic carbocycles. The lowest BCUT2D eigenvalue weighted by Crippen LogP contribution is -2.51. The second-order valence-electron chi connectivity index (χ2n) is 4.12. The minimum Gasteiger partial charge on any atom is -0.327 e. The molecule has 0 radical (unpaired) electrons. The Bertz CT molecular complexity index is 128. The number of likely N-dealkylation sites (tertiary alicyclic amines) is 1. The van der Waals surface area contributed by atoms with Crippen molar-refractivity contribution in [2.75, 3.05) is 20.1 Å². The van der Waals surface area contributed by atoms with Gasteiger partial charge in [0.1, 0.15) is 0 Å². The summed E-state index contributed by atoms with van der Waals surface area (Å²) < 4.78 is 0. The van der Waals surface area contributed by atoms with Gasteiger partial charge in [-0.05, 0) is 25.4 Å². The second kappa shape index (κ2) is 5.28. The maximum Gasteiger partial charge on any atom is 0.0115 e. The molecule has 1 fully saturated rings. The molecule has 0 spiro atoms. The Hall–Kier alpha value is 0.500. The van der Waals surface area contributed by atoms with Gasteiger partial charge in [0.25, 0.3) is 0 Å². The summed E-state index contributed by atoms with van der Waals surface area (Å²) in [4.78, 5) is 2.35. The van der Waals surface area contributed by atoms with Crippen LogP contribution in [0.15, 0.2) is 0 Å². The monoisotopic (exact) mass is 214 g/mol. The molecule has 0 aromatic heterocycles. The third kappa shape index (κ3) is 3.48. The fourth-order valence-corrected chi connectivity index (χ4v) is 1.64. The second-order valence-corrected chi connectivity index (χ2v) is 4.12. The lowest BCUT2D eigenvalue weighted by atomic mass is 9.80. The molecule has 1 rings (SSSR count). The maximum absolute atomic E-state index is 5.95. The first-order valence-corrected chi connectivity index (χ1v) is 3.96. The van der Waals surface area contributed by atoms with E-state index in [9.17, 15) is 0 Å². The standard InChI is InChI=1S/C8H18N2.2ClH/c1-8(2)6-10(3)5-4-7(8)9;;/h7H,4-6,9H2,1-3H3;2*1H. The predicted molar refractivity (Wildman–Crippen MR) is 58.4 cm³/mol. The molecule has 0 saturated carbocycles. The Balaban J connectivity index is 0. The van der Waals surface area contributed by atoms with Crippen LogP contribution in [0.3, 0.4) is 0 Å². The molecular formula is C8H20Cl2N2. The van der Waals surface area contributed by atoms with E-state index in [1.807, 2.05) is 0 Å². The van der Waals surface area contributed by atoms with E-state index < -0.39 is 0 Å². The normalized spacial score (nSPS) is 28.5. The third-order valence-electron chi connectivity index (χ3n) is 2.50. The molecule has 2 nitrogen and oxygen atoms in total. The summed E-state index contributed by atoms with van der Waals surface area (Å²) in [6.07, 6.45) is 1.14. The number of piperidine rings is 1. The molecule has 1 atom stereocenters. The van der Waals surface area contributed by atoms with Gasteiger partial charge in [0.2, 0.25) is 0 Å². The van der Waals surface area contributed by atoms with Gasteiger partial charge in [-0.3, -0.25) is 0 Å². The zero-order valence-corrected chi connectivity index (χ0v) is 9.67. The highest BCUT2D eigenvalue weighted by atomic mass is 35.5. The quantitative estimate of drug-likeness (QED) is 0.663. The Kier molecular flexibility index (Phi) is 6.59. The molecule has 1 aliphatic heterocycles. The average Bonchev–Trinajstić information content (AvgIpc) is 1.78. The lowest BCUT2D eigenvalue weighted by Gasteiger charge is -2.40. The van der Waals surface area contributed by atoms with Crippen molar-refractivity contribution in [3.8, 4) is 0 Å². The minimum atomic E-state index is 0. The van der Waals surface area contributed by atoms with E-state index in [1.165, 1.54) is 0 Å². The third-order valence-corrected chi connectivity index (χ3v) is 2.50. The van der Waals surface area contributed by atoms with Crippen LogP contribution >= 0.6 is 24.8 Å². The molecule has 0 amide bonds. The summed E-state index contributed by atoms with van der Waals surface area (Å²) in [5.74, 6) is 0. The van der Waals surface area contributed by atoms with Crippen molar-refractivity contribution in [1.82, 2.24) is 4.90 Å². The molecule has 0 aromatic rings. The van der Waals surface area contributed by atoms with E-state index in [0.717, 1.165) is 19.5 Å². The summed E-state index contributed by atoms with van der Waals surface area (Å²) in [6.45, 7) is 6.78. The smallest absolute Gasteiger partial charge is 0.0115 e. The topological polar surface area (TPSA) is 29.3 Å². The first-order chi connectivity index (χ1) is 4.52. The summed E-state index contributed by atoms with van der Waals surface area (Å²) in [5.41, 5.74) is 6.26. The van der Waals surface area contributed by atoms with Crippen LogP contribution in [0.1, 0.15) is 20.3 Å². The molecule has 4 heteroatoms. The highest BCUT2D eigenvalue weighted by Gasteiger charge is 2.31. The fourth-order valence-electron chi connectivity index (χ4n) is 1.64. The zero-order chi connectivity index (χ0) is 7.78. The van der Waals surface area contributed by atoms with Gasteiger partial charge in [0, 0.05) is 12.6 Å². The van der Waals surface area contributed by atoms with Gasteiger partial charge in [-0.2, -0.15) is 0 Å². The van der Waals surface area contributed by atoms with E-state index in [0.29, 0.717) is 11.5 Å². The van der Waals surface area contributed by atoms with E-state index in [1.54, 1.807) is 0 Å². The predicted octanol–water partition coefficient (Wildman–Crippen LogP) is 1.52. The van der Waals surface area contributed by atoms with Crippen LogP contribution in [0.25, 0.3) is 0 Å². The van der Waals surface area contributed by atoms with Crippen LogP contribution in [-0.2, 0) is 0 Å². The van der Waals surface area contributed by atoms with Crippen molar-refractivity contribution in [2.24, 2.45) is 11.1 Å². The first kappa shape index (κ1) is 15.0. The Labute approximate surface area is 87.7 Å². The number of nitrogens with zero attached hydrogens (tertiary/aromatic N) is 1. The van der Waals surface area contributed by atoms with Crippen LogP contribution in [0.2, 0.25) is 0 Å². The van der Waals surface area contributed by atoms with Crippen molar-refractivity contribution in [3.05, 3.63) is 0 Å². The van der Waals surface area contributed by atoms with Gasteiger partial charge in [-0.1, -0.05) is 13.8 Å². The molecule has 12 heavy (non-hydrogen) atoms. The van der Waals surface area contributed by atoms with Crippen LogP contribution in [0.5, 0.6) is 0 Å². The van der Waals surface area contributed by atoms with Crippen molar-refractivity contribution in [1.29, 1.82) is 0 Å². The van der Waals surface area contributed by atoms with E-state index >= 15 is 0 Å². The lowest BCUT2D eigenvalue weighted by molar-refractivity contribution is 0.117. The largest absolute Gasteiger partial charge is 0.327 e. The van der Waals surface area contributed by atoms with Crippen molar-refractivity contribution in [3.63, 3.8) is 0 Å². The Morgan fingerprint density at radius 2 is 1.83 bits per heavy atom. The highest BCUT2D eigenvalue weighted by Crippen LogP contribution is 2.26. The van der Waals surface area contributed by atoms with Gasteiger partial charge in [-0.15, -0.1) is 24.8 Å². The molecule has 1 heterocycles. The van der Waals surface area contributed by atoms with Gasteiger partial charge >= 0.3 is 0 Å². The number of rotatable bonds is 0. The van der Waals surface area contributed by atoms with Crippen LogP contribution < -0.4 is 5.73 Å². The first-order valence-electron chi connectivity index (χ1n) is 3.96. The number of hydrogen-bond acceptors (Lipinski definition) is 2. The summed E-state index contributed by atoms with van der Waals surface area (Å²) in [5, 5.41) is 0. The maximum atomic E-state index is 5.95. The number of hydrogen-bond donors (Lipinski definition) is 1. The molecule has 2 N–H and O–H groups in total. The minimum absolute atomic E-state index is 0. The van der Waals surface area contributed by atoms with Gasteiger partial charge < -0.3 is 10.6 Å². The molecule has 76 valence electrons. The summed E-state index contributed by atoms with van der Waals surface area (Å²) in [7, 11) is 2.16. The van der Waals surface area contributed by atoms with Crippen molar-refractivity contribution >= 4 is 24.8 Å². The van der Waals surface area contributed by atoms with Crippen LogP contribution in [-0.4, -0.2) is 31.1 Å². The van der Waals surface area contributed by atoms with Gasteiger partial charge in [-0.25, -0.2) is 0 Å². The van der Waals surface area contributed by atoms with E-state index in [-0.39, 0.29) is 24.8 Å². The highest BCUT2D eigenvalue weighted by molar-refractivity contribution is 5.85. The van der Waals surface area contributed by atoms with Gasteiger partial charge in [0.15, 0.2) is 0 Å². The number of nitrogens with two attached hydrogens (primary N) is 1. The van der Waals surface area contributed by atoms with Crippen LogP contribution in [0, 0.1) is 5.41 Å². The Morgan fingerprint density at radius 3 is 2.17 bits per heavy atom. The average molecular weight is 215 g/mol. The molecular weight excluding hydrogens is 195 g/mol. The molecule has 1 aliphatic rings. The molecule has 0 aromatic carbocycles. The Morgan fingerprint density at radius 1 is 1.33 bits per heavy atom. The van der Waals surface area contributed by atoms with E-state index in [4.69, 9.17) is 5.73 Å². The van der Waals surface area contributed by atoms with Gasteiger partial charge in [0.05, 0.1) is 0 Å². The van der Waals surface area contributed by atoms with Crippen molar-refractivity contribution in [2.45, 2.75) is 26.3 Å².